The number of nitrogens with one attached hydrogen (secondary N) is 1. The maximum Gasteiger partial charge on any atom is 0.244 e. The lowest BCUT2D eigenvalue weighted by atomic mass is 10.1. The summed E-state index contributed by atoms with van der Waals surface area (Å²) in [6.07, 6.45) is 2.70. The summed E-state index contributed by atoms with van der Waals surface area (Å²) in [7, 11) is 1.58. The van der Waals surface area contributed by atoms with Gasteiger partial charge in [-0.05, 0) is 64.7 Å². The summed E-state index contributed by atoms with van der Waals surface area (Å²) < 4.78 is 17.2. The Morgan fingerprint density at radius 1 is 1.18 bits per heavy atom. The SMILES string of the molecule is CCCOc1c(Br)cc(/C=N\NC(=O)Cc2ccc(OCC)cc2)cc1OC. The molecule has 150 valence electrons. The quantitative estimate of drug-likeness (QED) is 0.433. The van der Waals surface area contributed by atoms with Crippen molar-refractivity contribution in [2.24, 2.45) is 5.10 Å². The minimum absolute atomic E-state index is 0.200. The minimum atomic E-state index is -0.200. The van der Waals surface area contributed by atoms with E-state index in [9.17, 15) is 4.79 Å². The van der Waals surface area contributed by atoms with Gasteiger partial charge in [0.2, 0.25) is 5.91 Å². The number of ether oxygens (including phenoxy) is 3. The molecule has 0 aromatic heterocycles. The maximum atomic E-state index is 12.1. The van der Waals surface area contributed by atoms with Gasteiger partial charge in [0.25, 0.3) is 0 Å². The van der Waals surface area contributed by atoms with Crippen LogP contribution in [0.2, 0.25) is 0 Å². The fourth-order valence-electron chi connectivity index (χ4n) is 2.43. The van der Waals surface area contributed by atoms with Gasteiger partial charge in [0.1, 0.15) is 5.75 Å². The summed E-state index contributed by atoms with van der Waals surface area (Å²) in [5.41, 5.74) is 4.20. The molecule has 6 nitrogen and oxygen atoms in total. The van der Waals surface area contributed by atoms with Crippen molar-refractivity contribution in [2.75, 3.05) is 20.3 Å². The molecule has 0 spiro atoms. The van der Waals surface area contributed by atoms with E-state index in [-0.39, 0.29) is 12.3 Å². The van der Waals surface area contributed by atoms with E-state index in [0.29, 0.717) is 24.7 Å². The van der Waals surface area contributed by atoms with Crippen molar-refractivity contribution in [3.05, 3.63) is 52.0 Å². The molecule has 0 aliphatic heterocycles. The third-order valence-corrected chi connectivity index (χ3v) is 4.29. The molecular weight excluding hydrogens is 424 g/mol. The van der Waals surface area contributed by atoms with Gasteiger partial charge in [-0.1, -0.05) is 19.1 Å². The summed E-state index contributed by atoms with van der Waals surface area (Å²) in [6, 6.07) is 11.1. The first-order valence-electron chi connectivity index (χ1n) is 9.11. The van der Waals surface area contributed by atoms with E-state index in [1.807, 2.05) is 44.2 Å². The van der Waals surface area contributed by atoms with Gasteiger partial charge < -0.3 is 14.2 Å². The number of halogens is 1. The number of carbonyl (C=O) groups excluding carboxylic acids is 1. The molecule has 2 aromatic rings. The highest BCUT2D eigenvalue weighted by atomic mass is 79.9. The van der Waals surface area contributed by atoms with Gasteiger partial charge in [0.05, 0.1) is 37.4 Å². The Kier molecular flexibility index (Phi) is 8.81. The number of hydrazone groups is 1. The van der Waals surface area contributed by atoms with Crippen LogP contribution in [0.15, 0.2) is 46.0 Å². The van der Waals surface area contributed by atoms with Crippen LogP contribution in [0.1, 0.15) is 31.4 Å². The largest absolute Gasteiger partial charge is 0.494 e. The maximum absolute atomic E-state index is 12.1. The molecule has 0 radical (unpaired) electrons. The molecule has 0 atom stereocenters. The van der Waals surface area contributed by atoms with E-state index in [4.69, 9.17) is 14.2 Å². The predicted octanol–water partition coefficient (Wildman–Crippen LogP) is 4.34. The second-order valence-corrected chi connectivity index (χ2v) is 6.78. The van der Waals surface area contributed by atoms with Crippen LogP contribution < -0.4 is 19.6 Å². The fraction of sp³-hybridized carbons (Fsp3) is 0.333. The van der Waals surface area contributed by atoms with Crippen molar-refractivity contribution in [3.8, 4) is 17.2 Å². The van der Waals surface area contributed by atoms with Crippen molar-refractivity contribution >= 4 is 28.1 Å². The second kappa shape index (κ2) is 11.3. The molecule has 7 heteroatoms. The summed E-state index contributed by atoms with van der Waals surface area (Å²) in [4.78, 5) is 12.1. The number of nitrogens with zero attached hydrogens (tertiary/aromatic N) is 1. The molecule has 1 amide bonds. The first-order chi connectivity index (χ1) is 13.6. The zero-order valence-corrected chi connectivity index (χ0v) is 17.9. The molecule has 0 bridgehead atoms. The van der Waals surface area contributed by atoms with E-state index in [0.717, 1.165) is 27.8 Å². The number of methoxy groups -OCH3 is 1. The van der Waals surface area contributed by atoms with Crippen LogP contribution in [0.3, 0.4) is 0 Å². The standard InChI is InChI=1S/C21H25BrN2O4/c1-4-10-28-21-18(22)11-16(12-19(21)26-3)14-23-24-20(25)13-15-6-8-17(9-7-15)27-5-2/h6-9,11-12,14H,4-5,10,13H2,1-3H3,(H,24,25)/b23-14-. The van der Waals surface area contributed by atoms with Gasteiger partial charge in [0.15, 0.2) is 11.5 Å². The van der Waals surface area contributed by atoms with Crippen LogP contribution in [-0.2, 0) is 11.2 Å². The first-order valence-corrected chi connectivity index (χ1v) is 9.90. The number of hydrogen-bond donors (Lipinski definition) is 1. The molecule has 28 heavy (non-hydrogen) atoms. The van der Waals surface area contributed by atoms with Crippen LogP contribution in [0, 0.1) is 0 Å². The molecule has 0 heterocycles. The Morgan fingerprint density at radius 3 is 2.57 bits per heavy atom. The monoisotopic (exact) mass is 448 g/mol. The highest BCUT2D eigenvalue weighted by Crippen LogP contribution is 2.36. The first kappa shape index (κ1) is 21.8. The molecule has 2 rings (SSSR count). The van der Waals surface area contributed by atoms with Crippen molar-refractivity contribution in [3.63, 3.8) is 0 Å². The molecule has 0 fully saturated rings. The zero-order chi connectivity index (χ0) is 20.4. The van der Waals surface area contributed by atoms with Gasteiger partial charge in [-0.15, -0.1) is 0 Å². The smallest absolute Gasteiger partial charge is 0.244 e. The van der Waals surface area contributed by atoms with Gasteiger partial charge in [0, 0.05) is 0 Å². The molecule has 0 aliphatic rings. The zero-order valence-electron chi connectivity index (χ0n) is 16.3. The van der Waals surface area contributed by atoms with Crippen LogP contribution in [0.5, 0.6) is 17.2 Å². The lowest BCUT2D eigenvalue weighted by molar-refractivity contribution is -0.120. The van der Waals surface area contributed by atoms with Crippen molar-refractivity contribution in [2.45, 2.75) is 26.7 Å². The number of carbonyl (C=O) groups is 1. The third-order valence-electron chi connectivity index (χ3n) is 3.70. The predicted molar refractivity (Wildman–Crippen MR) is 114 cm³/mol. The number of rotatable bonds is 10. The van der Waals surface area contributed by atoms with E-state index in [2.05, 4.69) is 26.5 Å². The lowest BCUT2D eigenvalue weighted by Crippen LogP contribution is -2.19. The molecule has 0 aliphatic carbocycles. The Labute approximate surface area is 174 Å². The fourth-order valence-corrected chi connectivity index (χ4v) is 3.01. The lowest BCUT2D eigenvalue weighted by Gasteiger charge is -2.12. The summed E-state index contributed by atoms with van der Waals surface area (Å²) in [6.45, 7) is 5.18. The van der Waals surface area contributed by atoms with E-state index < -0.39 is 0 Å². The van der Waals surface area contributed by atoms with E-state index in [1.165, 1.54) is 0 Å². The number of benzene rings is 2. The second-order valence-electron chi connectivity index (χ2n) is 5.93. The topological polar surface area (TPSA) is 69.2 Å². The normalized spacial score (nSPS) is 10.7. The number of amides is 1. The third kappa shape index (κ3) is 6.56. The van der Waals surface area contributed by atoms with Crippen molar-refractivity contribution in [1.29, 1.82) is 0 Å². The average molecular weight is 449 g/mol. The minimum Gasteiger partial charge on any atom is -0.494 e. The average Bonchev–Trinajstić information content (AvgIpc) is 2.68. The van der Waals surface area contributed by atoms with Crippen LogP contribution in [0.4, 0.5) is 0 Å². The van der Waals surface area contributed by atoms with Crippen molar-refractivity contribution in [1.82, 2.24) is 5.43 Å². The summed E-state index contributed by atoms with van der Waals surface area (Å²) in [5, 5.41) is 4.03. The van der Waals surface area contributed by atoms with Crippen LogP contribution in [0.25, 0.3) is 0 Å². The summed E-state index contributed by atoms with van der Waals surface area (Å²) in [5.74, 6) is 1.84. The summed E-state index contributed by atoms with van der Waals surface area (Å²) >= 11 is 3.49. The van der Waals surface area contributed by atoms with Gasteiger partial charge in [-0.25, -0.2) is 5.43 Å². The molecule has 2 aromatic carbocycles. The Morgan fingerprint density at radius 2 is 1.93 bits per heavy atom. The highest BCUT2D eigenvalue weighted by Gasteiger charge is 2.11. The Hall–Kier alpha value is -2.54. The van der Waals surface area contributed by atoms with Gasteiger partial charge in [-0.2, -0.15) is 5.10 Å². The van der Waals surface area contributed by atoms with E-state index >= 15 is 0 Å². The van der Waals surface area contributed by atoms with Crippen LogP contribution in [-0.4, -0.2) is 32.4 Å². The molecule has 0 unspecified atom stereocenters. The molecule has 0 saturated heterocycles. The van der Waals surface area contributed by atoms with E-state index in [1.54, 1.807) is 19.4 Å². The Bertz CT molecular complexity index is 807. The highest BCUT2D eigenvalue weighted by molar-refractivity contribution is 9.10. The van der Waals surface area contributed by atoms with Gasteiger partial charge >= 0.3 is 0 Å². The molecule has 1 N–H and O–H groups in total. The van der Waals surface area contributed by atoms with Gasteiger partial charge in [-0.3, -0.25) is 4.79 Å². The van der Waals surface area contributed by atoms with Crippen LogP contribution >= 0.6 is 15.9 Å². The molecular formula is C21H25BrN2O4. The molecule has 0 saturated carbocycles. The van der Waals surface area contributed by atoms with Crippen molar-refractivity contribution < 1.29 is 19.0 Å². The Balaban J connectivity index is 1.95. The number of hydrogen-bond acceptors (Lipinski definition) is 5.